The van der Waals surface area contributed by atoms with E-state index in [2.05, 4.69) is 10.6 Å². The first kappa shape index (κ1) is 49.1. The molecule has 17 nitrogen and oxygen atoms in total. The Morgan fingerprint density at radius 3 is 1.14 bits per heavy atom. The summed E-state index contributed by atoms with van der Waals surface area (Å²) in [5.74, 6) is -0.646. The molecule has 0 aromatic rings. The zero-order valence-electron chi connectivity index (χ0n) is 31.3. The van der Waals surface area contributed by atoms with Crippen molar-refractivity contribution in [2.24, 2.45) is 0 Å². The topological polar surface area (TPSA) is 186 Å². The number of methoxy groups -OCH3 is 2. The van der Waals surface area contributed by atoms with Crippen LogP contribution in [0.4, 0.5) is 0 Å². The van der Waals surface area contributed by atoms with E-state index >= 15 is 0 Å². The average molecular weight is 743 g/mol. The Labute approximate surface area is 304 Å². The van der Waals surface area contributed by atoms with Crippen LogP contribution in [0.3, 0.4) is 0 Å². The summed E-state index contributed by atoms with van der Waals surface area (Å²) in [6, 6.07) is -0.596. The molecule has 0 heterocycles. The first-order chi connectivity index (χ1) is 25.0. The maximum atomic E-state index is 12.4. The van der Waals surface area contributed by atoms with Crippen LogP contribution in [-0.4, -0.2) is 190 Å². The van der Waals surface area contributed by atoms with Crippen LogP contribution in [0.15, 0.2) is 0 Å². The summed E-state index contributed by atoms with van der Waals surface area (Å²) in [7, 11) is 3.25. The second-order valence-corrected chi connectivity index (χ2v) is 10.8. The molecule has 0 aromatic carbocycles. The fourth-order valence-electron chi connectivity index (χ4n) is 3.92. The van der Waals surface area contributed by atoms with Gasteiger partial charge in [0.05, 0.1) is 138 Å². The maximum Gasteiger partial charge on any atom is 0.246 e. The third-order valence-electron chi connectivity index (χ3n) is 6.62. The molecule has 0 spiro atoms. The predicted molar refractivity (Wildman–Crippen MR) is 186 cm³/mol. The van der Waals surface area contributed by atoms with Gasteiger partial charge >= 0.3 is 0 Å². The van der Waals surface area contributed by atoms with E-state index in [0.717, 1.165) is 0 Å². The normalized spacial score (nSPS) is 11.9. The van der Waals surface area contributed by atoms with E-state index in [0.29, 0.717) is 151 Å². The molecule has 0 rings (SSSR count). The molecule has 0 aliphatic carbocycles. The summed E-state index contributed by atoms with van der Waals surface area (Å²) in [6.45, 7) is 11.0. The van der Waals surface area contributed by atoms with E-state index in [1.54, 1.807) is 21.1 Å². The van der Waals surface area contributed by atoms with Crippen molar-refractivity contribution in [3.05, 3.63) is 0 Å². The van der Waals surface area contributed by atoms with Gasteiger partial charge in [-0.05, 0) is 19.3 Å². The molecule has 0 aromatic heterocycles. The molecule has 51 heavy (non-hydrogen) atoms. The Morgan fingerprint density at radius 1 is 0.451 bits per heavy atom. The van der Waals surface area contributed by atoms with Crippen molar-refractivity contribution in [3.63, 3.8) is 0 Å². The lowest BCUT2D eigenvalue weighted by Gasteiger charge is -2.17. The van der Waals surface area contributed by atoms with Crippen molar-refractivity contribution < 1.29 is 71.2 Å². The number of amides is 2. The van der Waals surface area contributed by atoms with Gasteiger partial charge in [-0.3, -0.25) is 14.4 Å². The third-order valence-corrected chi connectivity index (χ3v) is 6.62. The monoisotopic (exact) mass is 742 g/mol. The van der Waals surface area contributed by atoms with Crippen molar-refractivity contribution in [2.45, 2.75) is 38.6 Å². The van der Waals surface area contributed by atoms with Crippen LogP contribution in [0.1, 0.15) is 32.6 Å². The zero-order chi connectivity index (χ0) is 37.3. The second-order valence-electron chi connectivity index (χ2n) is 10.8. The highest BCUT2D eigenvalue weighted by Gasteiger charge is 2.18. The standard InChI is InChI=1S/C34H66N2O15/c1-4-32(37)31(36-34(39)30-51-28-26-49-24-22-47-20-18-45-16-14-43-12-10-41-3)7-5-6-8-35-33(38)29-50-27-25-48-23-21-46-19-17-44-15-13-42-11-9-40-2/h31H,4-30H2,1-3H3,(H,35,38)(H,36,39)/t31-/m0/s1. The molecule has 2 N–H and O–H groups in total. The highest BCUT2D eigenvalue weighted by molar-refractivity contribution is 5.89. The van der Waals surface area contributed by atoms with E-state index < -0.39 is 6.04 Å². The number of Topliss-reactive ketones (excluding diaryl/α,β-unsaturated/α-hetero) is 1. The molecule has 0 saturated carbocycles. The molecule has 0 aliphatic heterocycles. The van der Waals surface area contributed by atoms with Gasteiger partial charge in [0.15, 0.2) is 5.78 Å². The number of unbranched alkanes of at least 4 members (excludes halogenated alkanes) is 1. The Kier molecular flexibility index (Phi) is 39.4. The van der Waals surface area contributed by atoms with Crippen molar-refractivity contribution in [3.8, 4) is 0 Å². The van der Waals surface area contributed by atoms with Gasteiger partial charge in [0.25, 0.3) is 0 Å². The number of ether oxygens (including phenoxy) is 12. The van der Waals surface area contributed by atoms with Crippen LogP contribution in [-0.2, 0) is 71.2 Å². The van der Waals surface area contributed by atoms with E-state index in [1.165, 1.54) is 0 Å². The molecule has 302 valence electrons. The minimum atomic E-state index is -0.596. The summed E-state index contributed by atoms with van der Waals surface area (Å²) in [4.78, 5) is 36.7. The van der Waals surface area contributed by atoms with E-state index in [1.807, 2.05) is 0 Å². The van der Waals surface area contributed by atoms with Gasteiger partial charge in [0.1, 0.15) is 13.2 Å². The maximum absolute atomic E-state index is 12.4. The number of hydrogen-bond donors (Lipinski definition) is 2. The summed E-state index contributed by atoms with van der Waals surface area (Å²) >= 11 is 0. The molecule has 1 atom stereocenters. The lowest BCUT2D eigenvalue weighted by molar-refractivity contribution is -0.131. The minimum Gasteiger partial charge on any atom is -0.382 e. The molecule has 0 bridgehead atoms. The highest BCUT2D eigenvalue weighted by atomic mass is 16.6. The first-order valence-corrected chi connectivity index (χ1v) is 17.9. The molecular formula is C34H66N2O15. The SMILES string of the molecule is CCC(=O)[C@H](CCCCNC(=O)COCCOCCOCCOCCOCCOC)NC(=O)COCCOCCOCCOCCOCCOC. The summed E-state index contributed by atoms with van der Waals surface area (Å²) < 4.78 is 63.5. The van der Waals surface area contributed by atoms with E-state index in [4.69, 9.17) is 56.8 Å². The second kappa shape index (κ2) is 40.9. The van der Waals surface area contributed by atoms with Gasteiger partial charge in [-0.2, -0.15) is 0 Å². The molecule has 0 unspecified atom stereocenters. The van der Waals surface area contributed by atoms with Gasteiger partial charge in [-0.25, -0.2) is 0 Å². The Balaban J connectivity index is 3.65. The number of rotatable bonds is 42. The summed E-state index contributed by atoms with van der Waals surface area (Å²) in [6.07, 6.45) is 2.08. The predicted octanol–water partition coefficient (Wildman–Crippen LogP) is 0.196. The molecule has 0 aliphatic rings. The van der Waals surface area contributed by atoms with Crippen LogP contribution in [0.25, 0.3) is 0 Å². The number of hydrogen-bond acceptors (Lipinski definition) is 15. The molecule has 0 fully saturated rings. The lowest BCUT2D eigenvalue weighted by atomic mass is 10.0. The van der Waals surface area contributed by atoms with Crippen molar-refractivity contribution in [2.75, 3.05) is 166 Å². The fraction of sp³-hybridized carbons (Fsp3) is 0.912. The molecule has 0 saturated heterocycles. The van der Waals surface area contributed by atoms with Gasteiger partial charge < -0.3 is 67.5 Å². The Bertz CT molecular complexity index is 782. The van der Waals surface area contributed by atoms with Crippen molar-refractivity contribution >= 4 is 17.6 Å². The average Bonchev–Trinajstić information content (AvgIpc) is 3.13. The number of nitrogens with one attached hydrogen (secondary N) is 2. The molecule has 0 radical (unpaired) electrons. The lowest BCUT2D eigenvalue weighted by Crippen LogP contribution is -2.42. The van der Waals surface area contributed by atoms with Crippen LogP contribution in [0.5, 0.6) is 0 Å². The van der Waals surface area contributed by atoms with E-state index in [9.17, 15) is 14.4 Å². The van der Waals surface area contributed by atoms with Crippen molar-refractivity contribution in [1.29, 1.82) is 0 Å². The Hall–Kier alpha value is -1.87. The highest BCUT2D eigenvalue weighted by Crippen LogP contribution is 2.04. The quantitative estimate of drug-likeness (QED) is 0.0808. The van der Waals surface area contributed by atoms with Gasteiger partial charge in [0, 0.05) is 27.2 Å². The minimum absolute atomic E-state index is 0.0525. The van der Waals surface area contributed by atoms with Gasteiger partial charge in [-0.15, -0.1) is 0 Å². The van der Waals surface area contributed by atoms with E-state index in [-0.39, 0.29) is 44.0 Å². The number of carbonyl (C=O) groups excluding carboxylic acids is 3. The molecule has 2 amide bonds. The third kappa shape index (κ3) is 37.7. The zero-order valence-corrected chi connectivity index (χ0v) is 31.3. The summed E-state index contributed by atoms with van der Waals surface area (Å²) in [5, 5.41) is 5.54. The smallest absolute Gasteiger partial charge is 0.246 e. The fourth-order valence-corrected chi connectivity index (χ4v) is 3.92. The van der Waals surface area contributed by atoms with Crippen LogP contribution in [0.2, 0.25) is 0 Å². The molecule has 17 heteroatoms. The molecular weight excluding hydrogens is 676 g/mol. The van der Waals surface area contributed by atoms with Gasteiger partial charge in [0.2, 0.25) is 11.8 Å². The van der Waals surface area contributed by atoms with Crippen LogP contribution < -0.4 is 10.6 Å². The van der Waals surface area contributed by atoms with Gasteiger partial charge in [-0.1, -0.05) is 6.92 Å². The van der Waals surface area contributed by atoms with Crippen LogP contribution >= 0.6 is 0 Å². The first-order valence-electron chi connectivity index (χ1n) is 17.9. The summed E-state index contributed by atoms with van der Waals surface area (Å²) in [5.41, 5.74) is 0. The van der Waals surface area contributed by atoms with Crippen LogP contribution in [0, 0.1) is 0 Å². The largest absolute Gasteiger partial charge is 0.382 e. The number of ketones is 1. The van der Waals surface area contributed by atoms with Crippen molar-refractivity contribution in [1.82, 2.24) is 10.6 Å². The Morgan fingerprint density at radius 2 is 0.784 bits per heavy atom. The number of carbonyl (C=O) groups is 3.